The fourth-order valence-corrected chi connectivity index (χ4v) is 3.18. The first kappa shape index (κ1) is 19.9. The van der Waals surface area contributed by atoms with Gasteiger partial charge in [0.05, 0.1) is 16.8 Å². The predicted octanol–water partition coefficient (Wildman–Crippen LogP) is 5.32. The summed E-state index contributed by atoms with van der Waals surface area (Å²) in [5.74, 6) is -0.0809. The number of fused-ring (bicyclic) bond motifs is 1. The van der Waals surface area contributed by atoms with Crippen LogP contribution in [0.15, 0.2) is 42.9 Å². The van der Waals surface area contributed by atoms with Crippen LogP contribution in [0.3, 0.4) is 0 Å². The van der Waals surface area contributed by atoms with E-state index in [0.717, 1.165) is 0 Å². The molecule has 6 nitrogen and oxygen atoms in total. The Morgan fingerprint density at radius 1 is 0.867 bits per heavy atom. The summed E-state index contributed by atoms with van der Waals surface area (Å²) in [6, 6.07) is 5.90. The number of anilines is 2. The molecule has 3 aromatic heterocycles. The molecular weight excluding hydrogens is 434 g/mol. The first-order valence-electron chi connectivity index (χ1n) is 8.08. The minimum Gasteiger partial charge on any atom is -0.323 e. The van der Waals surface area contributed by atoms with Crippen molar-refractivity contribution in [1.29, 1.82) is 0 Å². The summed E-state index contributed by atoms with van der Waals surface area (Å²) in [6.07, 6.45) is -6.47. The van der Waals surface area contributed by atoms with Gasteiger partial charge in [-0.15, -0.1) is 5.10 Å². The van der Waals surface area contributed by atoms with Gasteiger partial charge in [0.2, 0.25) is 5.95 Å². The van der Waals surface area contributed by atoms with Crippen LogP contribution in [-0.4, -0.2) is 24.5 Å². The molecule has 0 saturated carbocycles. The number of benzene rings is 1. The highest BCUT2D eigenvalue weighted by molar-refractivity contribution is 7.06. The van der Waals surface area contributed by atoms with Crippen LogP contribution in [0, 0.1) is 0 Å². The molecule has 0 amide bonds. The van der Waals surface area contributed by atoms with E-state index in [1.165, 1.54) is 30.5 Å². The lowest BCUT2D eigenvalue weighted by atomic mass is 10.1. The smallest absolute Gasteiger partial charge is 0.323 e. The van der Waals surface area contributed by atoms with E-state index in [9.17, 15) is 26.3 Å². The lowest BCUT2D eigenvalue weighted by Gasteiger charge is -2.10. The molecule has 1 N–H and O–H groups in total. The largest absolute Gasteiger partial charge is 0.429 e. The van der Waals surface area contributed by atoms with E-state index < -0.39 is 22.8 Å². The van der Waals surface area contributed by atoms with Gasteiger partial charge in [-0.3, -0.25) is 4.98 Å². The summed E-state index contributed by atoms with van der Waals surface area (Å²) in [5.41, 5.74) is -0.362. The zero-order valence-electron chi connectivity index (χ0n) is 14.5. The van der Waals surface area contributed by atoms with Gasteiger partial charge in [-0.05, 0) is 23.7 Å². The fourth-order valence-electron chi connectivity index (χ4n) is 2.63. The van der Waals surface area contributed by atoms with Gasteiger partial charge in [0.15, 0.2) is 4.88 Å². The van der Waals surface area contributed by atoms with E-state index in [1.807, 2.05) is 0 Å². The van der Waals surface area contributed by atoms with Crippen molar-refractivity contribution in [3.05, 3.63) is 53.3 Å². The Morgan fingerprint density at radius 2 is 1.60 bits per heavy atom. The molecule has 13 heteroatoms. The Bertz CT molecular complexity index is 1200. The van der Waals surface area contributed by atoms with E-state index in [4.69, 9.17) is 0 Å². The Hall–Kier alpha value is -3.35. The Morgan fingerprint density at radius 3 is 2.27 bits per heavy atom. The number of nitrogens with one attached hydrogen (secondary N) is 1. The number of hydrogen-bond donors (Lipinski definition) is 1. The summed E-state index contributed by atoms with van der Waals surface area (Å²) >= 11 is 0.249. The van der Waals surface area contributed by atoms with E-state index in [2.05, 4.69) is 29.9 Å². The van der Waals surface area contributed by atoms with Crippen LogP contribution in [0.5, 0.6) is 0 Å². The lowest BCUT2D eigenvalue weighted by molar-refractivity contribution is -0.138. The molecule has 0 saturated heterocycles. The van der Waals surface area contributed by atoms with E-state index in [0.29, 0.717) is 29.0 Å². The van der Waals surface area contributed by atoms with Gasteiger partial charge < -0.3 is 5.32 Å². The van der Waals surface area contributed by atoms with Gasteiger partial charge in [-0.1, -0.05) is 16.6 Å². The van der Waals surface area contributed by atoms with Gasteiger partial charge in [-0.2, -0.15) is 26.3 Å². The standard InChI is InChI=1S/C17H8F6N6S/c18-16(19,20)9-6-25-15(26-7-9)27-11-3-4-24-12-5-8(1-2-10(11)12)13-14(17(21,22)23)30-29-28-13/h1-7H,(H,24,25,26,27). The highest BCUT2D eigenvalue weighted by Gasteiger charge is 2.37. The number of hydrogen-bond acceptors (Lipinski definition) is 7. The number of aromatic nitrogens is 5. The van der Waals surface area contributed by atoms with Crippen molar-refractivity contribution >= 4 is 34.1 Å². The molecule has 4 aromatic rings. The summed E-state index contributed by atoms with van der Waals surface area (Å²) < 4.78 is 80.6. The summed E-state index contributed by atoms with van der Waals surface area (Å²) in [5, 5.41) is 6.85. The SMILES string of the molecule is FC(F)(F)c1cnc(Nc2ccnc3cc(-c4nnsc4C(F)(F)F)ccc23)nc1. The molecule has 0 radical (unpaired) electrons. The summed E-state index contributed by atoms with van der Waals surface area (Å²) in [6.45, 7) is 0. The topological polar surface area (TPSA) is 76.5 Å². The third-order valence-electron chi connectivity index (χ3n) is 3.99. The van der Waals surface area contributed by atoms with Gasteiger partial charge in [0.25, 0.3) is 0 Å². The molecular formula is C17H8F6N6S. The number of nitrogens with zero attached hydrogens (tertiary/aromatic N) is 5. The molecule has 30 heavy (non-hydrogen) atoms. The normalized spacial score (nSPS) is 12.3. The Kier molecular flexibility index (Phi) is 4.76. The average Bonchev–Trinajstić information content (AvgIpc) is 3.18. The zero-order valence-corrected chi connectivity index (χ0v) is 15.3. The van der Waals surface area contributed by atoms with Gasteiger partial charge in [-0.25, -0.2) is 9.97 Å². The Labute approximate surface area is 167 Å². The second kappa shape index (κ2) is 7.16. The summed E-state index contributed by atoms with van der Waals surface area (Å²) in [7, 11) is 0. The second-order valence-electron chi connectivity index (χ2n) is 5.96. The van der Waals surface area contributed by atoms with Crippen molar-refractivity contribution in [2.45, 2.75) is 12.4 Å². The fraction of sp³-hybridized carbons (Fsp3) is 0.118. The summed E-state index contributed by atoms with van der Waals surface area (Å²) in [4.78, 5) is 10.5. The molecule has 0 atom stereocenters. The third-order valence-corrected chi connectivity index (χ3v) is 4.76. The lowest BCUT2D eigenvalue weighted by Crippen LogP contribution is -2.07. The second-order valence-corrected chi connectivity index (χ2v) is 6.71. The molecule has 0 bridgehead atoms. The van der Waals surface area contributed by atoms with Crippen molar-refractivity contribution < 1.29 is 26.3 Å². The average molecular weight is 442 g/mol. The van der Waals surface area contributed by atoms with Crippen LogP contribution in [0.1, 0.15) is 10.4 Å². The van der Waals surface area contributed by atoms with Crippen molar-refractivity contribution in [3.8, 4) is 11.3 Å². The number of halogens is 6. The number of pyridine rings is 1. The first-order valence-corrected chi connectivity index (χ1v) is 8.85. The first-order chi connectivity index (χ1) is 14.1. The quantitative estimate of drug-likeness (QED) is 0.433. The van der Waals surface area contributed by atoms with Crippen molar-refractivity contribution in [2.24, 2.45) is 0 Å². The van der Waals surface area contributed by atoms with E-state index >= 15 is 0 Å². The van der Waals surface area contributed by atoms with E-state index in [1.54, 1.807) is 0 Å². The van der Waals surface area contributed by atoms with Gasteiger partial charge in [0.1, 0.15) is 5.69 Å². The molecule has 0 spiro atoms. The molecule has 1 aromatic carbocycles. The molecule has 154 valence electrons. The highest BCUT2D eigenvalue weighted by atomic mass is 32.1. The molecule has 3 heterocycles. The molecule has 4 rings (SSSR count). The Balaban J connectivity index is 1.68. The molecule has 0 unspecified atom stereocenters. The zero-order chi connectivity index (χ0) is 21.5. The number of alkyl halides is 6. The minimum absolute atomic E-state index is 0.0809. The maximum Gasteiger partial charge on any atom is 0.429 e. The molecule has 0 fully saturated rings. The predicted molar refractivity (Wildman–Crippen MR) is 96.0 cm³/mol. The van der Waals surface area contributed by atoms with Crippen molar-refractivity contribution in [1.82, 2.24) is 24.5 Å². The van der Waals surface area contributed by atoms with Crippen LogP contribution in [0.25, 0.3) is 22.2 Å². The van der Waals surface area contributed by atoms with Crippen LogP contribution in [0.2, 0.25) is 0 Å². The van der Waals surface area contributed by atoms with Crippen LogP contribution in [-0.2, 0) is 12.4 Å². The highest BCUT2D eigenvalue weighted by Crippen LogP contribution is 2.39. The van der Waals surface area contributed by atoms with Crippen LogP contribution in [0.4, 0.5) is 38.0 Å². The monoisotopic (exact) mass is 442 g/mol. The molecule has 0 aliphatic carbocycles. The third kappa shape index (κ3) is 3.87. The van der Waals surface area contributed by atoms with Gasteiger partial charge in [0, 0.05) is 29.5 Å². The number of rotatable bonds is 3. The van der Waals surface area contributed by atoms with E-state index in [-0.39, 0.29) is 28.7 Å². The molecule has 0 aliphatic heterocycles. The van der Waals surface area contributed by atoms with Gasteiger partial charge >= 0.3 is 12.4 Å². The molecule has 0 aliphatic rings. The van der Waals surface area contributed by atoms with Crippen molar-refractivity contribution in [3.63, 3.8) is 0 Å². The van der Waals surface area contributed by atoms with Crippen LogP contribution < -0.4 is 5.32 Å². The maximum atomic E-state index is 13.1. The minimum atomic E-state index is -4.59. The van der Waals surface area contributed by atoms with Crippen molar-refractivity contribution in [2.75, 3.05) is 5.32 Å². The van der Waals surface area contributed by atoms with Crippen LogP contribution >= 0.6 is 11.5 Å². The maximum absolute atomic E-state index is 13.1.